The molecule has 3 nitrogen and oxygen atoms in total. The van der Waals surface area contributed by atoms with Gasteiger partial charge in [0.25, 0.3) is 0 Å². The Hall–Kier alpha value is -1.49. The van der Waals surface area contributed by atoms with Crippen LogP contribution >= 0.6 is 35.0 Å². The number of hydrogen-bond acceptors (Lipinski definition) is 3. The number of thioether (sulfide) groups is 1. The Morgan fingerprint density at radius 1 is 1.12 bits per heavy atom. The highest BCUT2D eigenvalue weighted by molar-refractivity contribution is 8.00. The van der Waals surface area contributed by atoms with E-state index in [4.69, 9.17) is 23.2 Å². The maximum absolute atomic E-state index is 12.6. The molecule has 1 N–H and O–H groups in total. The third-order valence-electron chi connectivity index (χ3n) is 3.59. The molecule has 0 bridgehead atoms. The van der Waals surface area contributed by atoms with Crippen LogP contribution < -0.4 is 5.32 Å². The smallest absolute Gasteiger partial charge is 0.216 e. The molecule has 0 radical (unpaired) electrons. The second-order valence-corrected chi connectivity index (χ2v) is 7.86. The van der Waals surface area contributed by atoms with Gasteiger partial charge in [-0.25, -0.2) is 0 Å². The fourth-order valence-electron chi connectivity index (χ4n) is 2.26. The Bertz CT molecular complexity index is 763. The van der Waals surface area contributed by atoms with Gasteiger partial charge in [-0.2, -0.15) is 0 Å². The summed E-state index contributed by atoms with van der Waals surface area (Å²) in [5.41, 5.74) is 1.73. The van der Waals surface area contributed by atoms with Crippen LogP contribution in [0.15, 0.2) is 47.4 Å². The average molecular weight is 396 g/mol. The fraction of sp³-hybridized carbons (Fsp3) is 0.263. The summed E-state index contributed by atoms with van der Waals surface area (Å²) in [4.78, 5) is 24.3. The molecular formula is C19H19Cl2NO2S. The zero-order valence-corrected chi connectivity index (χ0v) is 16.3. The molecule has 2 aromatic rings. The Morgan fingerprint density at radius 3 is 2.44 bits per heavy atom. The number of ketones is 1. The number of hydrogen-bond donors (Lipinski definition) is 1. The highest BCUT2D eigenvalue weighted by Crippen LogP contribution is 2.33. The summed E-state index contributed by atoms with van der Waals surface area (Å²) in [6, 6.07) is 12.7. The van der Waals surface area contributed by atoms with Gasteiger partial charge in [0, 0.05) is 29.0 Å². The highest BCUT2D eigenvalue weighted by Gasteiger charge is 2.18. The maximum atomic E-state index is 12.6. The number of carbonyl (C=O) groups excluding carboxylic acids is 2. The topological polar surface area (TPSA) is 46.2 Å². The SMILES string of the molecule is CC(=O)NCCc1ccc(C(=O)C(C)Sc2cc(Cl)ccc2Cl)cc1. The van der Waals surface area contributed by atoms with E-state index < -0.39 is 0 Å². The van der Waals surface area contributed by atoms with Crippen LogP contribution in [0.25, 0.3) is 0 Å². The molecule has 0 aliphatic heterocycles. The van der Waals surface area contributed by atoms with Gasteiger partial charge >= 0.3 is 0 Å². The molecule has 132 valence electrons. The number of Topliss-reactive ketones (excluding diaryl/α,β-unsaturated/α-hetero) is 1. The van der Waals surface area contributed by atoms with Crippen molar-refractivity contribution in [1.29, 1.82) is 0 Å². The van der Waals surface area contributed by atoms with Crippen molar-refractivity contribution < 1.29 is 9.59 Å². The van der Waals surface area contributed by atoms with E-state index >= 15 is 0 Å². The number of rotatable bonds is 7. The van der Waals surface area contributed by atoms with Crippen molar-refractivity contribution >= 4 is 46.7 Å². The van der Waals surface area contributed by atoms with Crippen LogP contribution in [0.4, 0.5) is 0 Å². The Morgan fingerprint density at radius 2 is 1.80 bits per heavy atom. The Balaban J connectivity index is 1.99. The zero-order chi connectivity index (χ0) is 18.4. The van der Waals surface area contributed by atoms with Crippen LogP contribution in [0.2, 0.25) is 10.0 Å². The molecule has 0 aliphatic carbocycles. The summed E-state index contributed by atoms with van der Waals surface area (Å²) in [6.07, 6.45) is 0.733. The van der Waals surface area contributed by atoms with E-state index in [9.17, 15) is 9.59 Å². The molecule has 1 amide bonds. The standard InChI is InChI=1S/C19H19Cl2NO2S/c1-12(25-18-11-16(20)7-8-17(18)21)19(24)15-5-3-14(4-6-15)9-10-22-13(2)23/h3-8,11-12H,9-10H2,1-2H3,(H,22,23). The minimum atomic E-state index is -0.277. The largest absolute Gasteiger partial charge is 0.356 e. The molecule has 25 heavy (non-hydrogen) atoms. The molecule has 0 spiro atoms. The van der Waals surface area contributed by atoms with E-state index in [-0.39, 0.29) is 16.9 Å². The van der Waals surface area contributed by atoms with Crippen molar-refractivity contribution in [1.82, 2.24) is 5.32 Å². The summed E-state index contributed by atoms with van der Waals surface area (Å²) >= 11 is 13.5. The third kappa shape index (κ3) is 6.07. The minimum Gasteiger partial charge on any atom is -0.356 e. The Labute approximate surface area is 162 Å². The van der Waals surface area contributed by atoms with Crippen molar-refractivity contribution in [3.8, 4) is 0 Å². The number of amides is 1. The first kappa shape index (κ1) is 19.8. The van der Waals surface area contributed by atoms with E-state index in [0.717, 1.165) is 16.9 Å². The lowest BCUT2D eigenvalue weighted by atomic mass is 10.0. The molecule has 1 atom stereocenters. The first-order valence-corrected chi connectivity index (χ1v) is 9.49. The van der Waals surface area contributed by atoms with Gasteiger partial charge in [-0.3, -0.25) is 9.59 Å². The molecule has 0 heterocycles. The van der Waals surface area contributed by atoms with Crippen LogP contribution in [0.5, 0.6) is 0 Å². The second kappa shape index (κ2) is 9.27. The van der Waals surface area contributed by atoms with Crippen molar-refractivity contribution in [2.45, 2.75) is 30.4 Å². The third-order valence-corrected chi connectivity index (χ3v) is 5.43. The average Bonchev–Trinajstić information content (AvgIpc) is 2.58. The monoisotopic (exact) mass is 395 g/mol. The summed E-state index contributed by atoms with van der Waals surface area (Å²) in [7, 11) is 0. The number of carbonyl (C=O) groups is 2. The molecule has 0 aromatic heterocycles. The lowest BCUT2D eigenvalue weighted by Gasteiger charge is -2.12. The van der Waals surface area contributed by atoms with E-state index in [1.165, 1.54) is 18.7 Å². The normalized spacial score (nSPS) is 11.8. The first-order chi connectivity index (χ1) is 11.9. The maximum Gasteiger partial charge on any atom is 0.216 e. The van der Waals surface area contributed by atoms with E-state index in [1.807, 2.05) is 31.2 Å². The van der Waals surface area contributed by atoms with Crippen LogP contribution in [-0.4, -0.2) is 23.5 Å². The van der Waals surface area contributed by atoms with E-state index in [2.05, 4.69) is 5.32 Å². The van der Waals surface area contributed by atoms with Crippen molar-refractivity contribution in [3.63, 3.8) is 0 Å². The van der Waals surface area contributed by atoms with Gasteiger partial charge in [-0.05, 0) is 37.1 Å². The zero-order valence-electron chi connectivity index (χ0n) is 14.0. The lowest BCUT2D eigenvalue weighted by molar-refractivity contribution is -0.118. The highest BCUT2D eigenvalue weighted by atomic mass is 35.5. The van der Waals surface area contributed by atoms with Crippen LogP contribution in [0, 0.1) is 0 Å². The van der Waals surface area contributed by atoms with E-state index in [0.29, 0.717) is 22.2 Å². The molecule has 0 fully saturated rings. The quantitative estimate of drug-likeness (QED) is 0.527. The van der Waals surface area contributed by atoms with Gasteiger partial charge in [-0.1, -0.05) is 47.5 Å². The second-order valence-electron chi connectivity index (χ2n) is 5.63. The van der Waals surface area contributed by atoms with Crippen LogP contribution in [-0.2, 0) is 11.2 Å². The minimum absolute atomic E-state index is 0.0365. The molecule has 2 aromatic carbocycles. The van der Waals surface area contributed by atoms with E-state index in [1.54, 1.807) is 18.2 Å². The lowest BCUT2D eigenvalue weighted by Crippen LogP contribution is -2.22. The van der Waals surface area contributed by atoms with Crippen molar-refractivity contribution in [2.75, 3.05) is 6.54 Å². The van der Waals surface area contributed by atoms with Gasteiger partial charge in [0.05, 0.1) is 10.3 Å². The predicted octanol–water partition coefficient (Wildman–Crippen LogP) is 5.04. The molecule has 1 unspecified atom stereocenters. The van der Waals surface area contributed by atoms with Gasteiger partial charge < -0.3 is 5.32 Å². The van der Waals surface area contributed by atoms with Gasteiger partial charge in [0.2, 0.25) is 5.91 Å². The van der Waals surface area contributed by atoms with Crippen molar-refractivity contribution in [2.24, 2.45) is 0 Å². The fourth-order valence-corrected chi connectivity index (χ4v) is 3.75. The molecular weight excluding hydrogens is 377 g/mol. The molecule has 0 saturated carbocycles. The Kier molecular flexibility index (Phi) is 7.36. The molecule has 2 rings (SSSR count). The van der Waals surface area contributed by atoms with Crippen LogP contribution in [0.3, 0.4) is 0 Å². The first-order valence-electron chi connectivity index (χ1n) is 7.86. The molecule has 0 aliphatic rings. The van der Waals surface area contributed by atoms with Crippen LogP contribution in [0.1, 0.15) is 29.8 Å². The van der Waals surface area contributed by atoms with Gasteiger partial charge in [0.1, 0.15) is 0 Å². The predicted molar refractivity (Wildman–Crippen MR) is 105 cm³/mol. The summed E-state index contributed by atoms with van der Waals surface area (Å²) in [5, 5.41) is 3.66. The number of halogens is 2. The van der Waals surface area contributed by atoms with Crippen molar-refractivity contribution in [3.05, 3.63) is 63.6 Å². The number of nitrogens with one attached hydrogen (secondary N) is 1. The summed E-state index contributed by atoms with van der Waals surface area (Å²) in [6.45, 7) is 3.93. The molecule has 6 heteroatoms. The summed E-state index contributed by atoms with van der Waals surface area (Å²) in [5.74, 6) is -0.00761. The molecule has 0 saturated heterocycles. The summed E-state index contributed by atoms with van der Waals surface area (Å²) < 4.78 is 0. The van der Waals surface area contributed by atoms with Gasteiger partial charge in [0.15, 0.2) is 5.78 Å². The number of benzene rings is 2. The van der Waals surface area contributed by atoms with Gasteiger partial charge in [-0.15, -0.1) is 11.8 Å².